The van der Waals surface area contributed by atoms with Gasteiger partial charge in [0, 0.05) is 9.50 Å². The number of benzene rings is 2. The van der Waals surface area contributed by atoms with Gasteiger partial charge in [0.1, 0.15) is 12.4 Å². The molecule has 0 heterocycles. The van der Waals surface area contributed by atoms with Crippen LogP contribution in [0, 0.1) is 0 Å². The van der Waals surface area contributed by atoms with Crippen molar-refractivity contribution in [1.82, 2.24) is 0 Å². The second kappa shape index (κ2) is 7.31. The first-order valence-electron chi connectivity index (χ1n) is 5.92. The minimum absolute atomic E-state index is 0.129. The molecule has 0 saturated heterocycles. The Labute approximate surface area is 130 Å². The van der Waals surface area contributed by atoms with E-state index in [1.54, 1.807) is 24.3 Å². The Morgan fingerprint density at radius 3 is 2.60 bits per heavy atom. The van der Waals surface area contributed by atoms with Gasteiger partial charge >= 0.3 is 5.97 Å². The van der Waals surface area contributed by atoms with E-state index in [-0.39, 0.29) is 13.2 Å². The van der Waals surface area contributed by atoms with Gasteiger partial charge in [-0.25, -0.2) is 4.79 Å². The third kappa shape index (κ3) is 4.87. The van der Waals surface area contributed by atoms with Gasteiger partial charge in [0.25, 0.3) is 0 Å². The summed E-state index contributed by atoms with van der Waals surface area (Å²) in [6.07, 6.45) is 0. The number of hydrogen-bond acceptors (Lipinski definition) is 3. The first kappa shape index (κ1) is 14.9. The summed E-state index contributed by atoms with van der Waals surface area (Å²) < 4.78 is 11.4. The minimum atomic E-state index is -0.417. The highest BCUT2D eigenvalue weighted by Gasteiger charge is 2.05. The molecule has 104 valence electrons. The van der Waals surface area contributed by atoms with Crippen molar-refractivity contribution in [3.05, 3.63) is 63.6 Å². The molecular weight excluding hydrogens is 344 g/mol. The van der Waals surface area contributed by atoms with Gasteiger partial charge in [-0.3, -0.25) is 0 Å². The second-order valence-corrected chi connectivity index (χ2v) is 5.39. The average Bonchev–Trinajstić information content (AvgIpc) is 2.45. The normalized spacial score (nSPS) is 10.1. The van der Waals surface area contributed by atoms with Gasteiger partial charge in [-0.2, -0.15) is 0 Å². The molecule has 0 spiro atoms. The summed E-state index contributed by atoms with van der Waals surface area (Å²) in [5.41, 5.74) is 0.916. The zero-order valence-electron chi connectivity index (χ0n) is 10.5. The minimum Gasteiger partial charge on any atom is -0.482 e. The van der Waals surface area contributed by atoms with E-state index in [4.69, 9.17) is 21.1 Å². The molecule has 0 aromatic heterocycles. The zero-order chi connectivity index (χ0) is 14.4. The van der Waals surface area contributed by atoms with Crippen molar-refractivity contribution < 1.29 is 14.3 Å². The van der Waals surface area contributed by atoms with E-state index in [2.05, 4.69) is 15.9 Å². The maximum absolute atomic E-state index is 11.6. The van der Waals surface area contributed by atoms with Crippen molar-refractivity contribution in [2.24, 2.45) is 0 Å². The third-order valence-corrected chi connectivity index (χ3v) is 3.20. The van der Waals surface area contributed by atoms with E-state index >= 15 is 0 Å². The lowest BCUT2D eigenvalue weighted by atomic mass is 10.2. The topological polar surface area (TPSA) is 35.5 Å². The molecule has 20 heavy (non-hydrogen) atoms. The standard InChI is InChI=1S/C15H12BrClO3/c16-12-3-1-2-11(8-12)9-20-15(18)10-19-14-6-4-13(17)5-7-14/h1-8H,9-10H2. The molecule has 2 aromatic rings. The van der Waals surface area contributed by atoms with E-state index in [0.717, 1.165) is 10.0 Å². The van der Waals surface area contributed by atoms with E-state index in [9.17, 15) is 4.79 Å². The molecule has 0 bridgehead atoms. The van der Waals surface area contributed by atoms with E-state index < -0.39 is 5.97 Å². The van der Waals surface area contributed by atoms with E-state index in [0.29, 0.717) is 10.8 Å². The van der Waals surface area contributed by atoms with Crippen LogP contribution in [0.25, 0.3) is 0 Å². The van der Waals surface area contributed by atoms with E-state index in [1.165, 1.54) is 0 Å². The maximum Gasteiger partial charge on any atom is 0.344 e. The SMILES string of the molecule is O=C(COc1ccc(Cl)cc1)OCc1cccc(Br)c1. The summed E-state index contributed by atoms with van der Waals surface area (Å²) in [5, 5.41) is 0.620. The molecule has 0 unspecified atom stereocenters. The van der Waals surface area contributed by atoms with Crippen LogP contribution in [0.4, 0.5) is 0 Å². The summed E-state index contributed by atoms with van der Waals surface area (Å²) in [4.78, 5) is 11.6. The van der Waals surface area contributed by atoms with Crippen LogP contribution < -0.4 is 4.74 Å². The molecule has 0 N–H and O–H groups in total. The molecule has 0 saturated carbocycles. The Morgan fingerprint density at radius 2 is 1.90 bits per heavy atom. The van der Waals surface area contributed by atoms with Crippen molar-refractivity contribution in [2.75, 3.05) is 6.61 Å². The highest BCUT2D eigenvalue weighted by Crippen LogP contribution is 2.15. The largest absolute Gasteiger partial charge is 0.482 e. The zero-order valence-corrected chi connectivity index (χ0v) is 12.9. The van der Waals surface area contributed by atoms with Gasteiger partial charge in [0.15, 0.2) is 6.61 Å². The van der Waals surface area contributed by atoms with Crippen LogP contribution in [0.3, 0.4) is 0 Å². The van der Waals surface area contributed by atoms with Crippen molar-refractivity contribution in [3.8, 4) is 5.75 Å². The number of ether oxygens (including phenoxy) is 2. The summed E-state index contributed by atoms with van der Waals surface area (Å²) in [7, 11) is 0. The Kier molecular flexibility index (Phi) is 5.44. The fourth-order valence-electron chi connectivity index (χ4n) is 1.51. The molecular formula is C15H12BrClO3. The number of carbonyl (C=O) groups excluding carboxylic acids is 1. The Hall–Kier alpha value is -1.52. The lowest BCUT2D eigenvalue weighted by Gasteiger charge is -2.07. The van der Waals surface area contributed by atoms with E-state index in [1.807, 2.05) is 24.3 Å². The monoisotopic (exact) mass is 354 g/mol. The van der Waals surface area contributed by atoms with Crippen LogP contribution >= 0.6 is 27.5 Å². The van der Waals surface area contributed by atoms with Gasteiger partial charge in [0.05, 0.1) is 0 Å². The quantitative estimate of drug-likeness (QED) is 0.753. The lowest BCUT2D eigenvalue weighted by Crippen LogP contribution is -2.14. The van der Waals surface area contributed by atoms with Crippen LogP contribution in [0.5, 0.6) is 5.75 Å². The predicted octanol–water partition coefficient (Wildman–Crippen LogP) is 4.22. The molecule has 2 aromatic carbocycles. The lowest BCUT2D eigenvalue weighted by molar-refractivity contribution is -0.147. The molecule has 0 fully saturated rings. The summed E-state index contributed by atoms with van der Waals surface area (Å²) in [6.45, 7) is 0.0951. The maximum atomic E-state index is 11.6. The molecule has 0 aliphatic carbocycles. The summed E-state index contributed by atoms with van der Waals surface area (Å²) in [5.74, 6) is 0.161. The highest BCUT2D eigenvalue weighted by molar-refractivity contribution is 9.10. The molecule has 0 radical (unpaired) electrons. The van der Waals surface area contributed by atoms with Gasteiger partial charge in [0.2, 0.25) is 0 Å². The van der Waals surface area contributed by atoms with Gasteiger partial charge in [-0.1, -0.05) is 39.7 Å². The number of rotatable bonds is 5. The Balaban J connectivity index is 1.77. The first-order valence-corrected chi connectivity index (χ1v) is 7.09. The van der Waals surface area contributed by atoms with Crippen LogP contribution in [-0.2, 0) is 16.1 Å². The Morgan fingerprint density at radius 1 is 1.15 bits per heavy atom. The van der Waals surface area contributed by atoms with Crippen molar-refractivity contribution in [1.29, 1.82) is 0 Å². The summed E-state index contributed by atoms with van der Waals surface area (Å²) in [6, 6.07) is 14.4. The molecule has 0 aliphatic heterocycles. The molecule has 2 rings (SSSR count). The fourth-order valence-corrected chi connectivity index (χ4v) is 2.08. The number of esters is 1. The van der Waals surface area contributed by atoms with Gasteiger partial charge < -0.3 is 9.47 Å². The number of halogens is 2. The fraction of sp³-hybridized carbons (Fsp3) is 0.133. The molecule has 0 atom stereocenters. The average molecular weight is 356 g/mol. The Bertz CT molecular complexity index is 584. The van der Waals surface area contributed by atoms with Gasteiger partial charge in [-0.15, -0.1) is 0 Å². The van der Waals surface area contributed by atoms with Crippen molar-refractivity contribution in [2.45, 2.75) is 6.61 Å². The smallest absolute Gasteiger partial charge is 0.344 e. The molecule has 0 amide bonds. The molecule has 5 heteroatoms. The van der Waals surface area contributed by atoms with Crippen LogP contribution in [0.1, 0.15) is 5.56 Å². The van der Waals surface area contributed by atoms with Gasteiger partial charge in [-0.05, 0) is 42.0 Å². The van der Waals surface area contributed by atoms with Crippen LogP contribution in [0.15, 0.2) is 53.0 Å². The highest BCUT2D eigenvalue weighted by atomic mass is 79.9. The van der Waals surface area contributed by atoms with Crippen molar-refractivity contribution >= 4 is 33.5 Å². The predicted molar refractivity (Wildman–Crippen MR) is 80.9 cm³/mol. The number of hydrogen-bond donors (Lipinski definition) is 0. The second-order valence-electron chi connectivity index (χ2n) is 4.03. The first-order chi connectivity index (χ1) is 9.63. The third-order valence-electron chi connectivity index (χ3n) is 2.46. The molecule has 3 nitrogen and oxygen atoms in total. The molecule has 0 aliphatic rings. The van der Waals surface area contributed by atoms with Crippen LogP contribution in [-0.4, -0.2) is 12.6 Å². The van der Waals surface area contributed by atoms with Crippen LogP contribution in [0.2, 0.25) is 5.02 Å². The summed E-state index contributed by atoms with van der Waals surface area (Å²) >= 11 is 9.11. The number of carbonyl (C=O) groups is 1. The van der Waals surface area contributed by atoms with Crippen molar-refractivity contribution in [3.63, 3.8) is 0 Å².